The quantitative estimate of drug-likeness (QED) is 0.642. The Kier molecular flexibility index (Phi) is 20.2. The second-order valence-corrected chi connectivity index (χ2v) is 5.88. The molecule has 0 saturated heterocycles. The normalized spacial score (nSPS) is 13.0. The third-order valence-electron chi connectivity index (χ3n) is 3.84. The topological polar surface area (TPSA) is 78.8 Å². The molecule has 3 N–H and O–H groups in total. The SMILES string of the molecule is CC.CCCc1ccccc1C.COCO.O=C(O)NC1CCCCC1. The Hall–Kier alpha value is -1.59. The Morgan fingerprint density at radius 1 is 1.19 bits per heavy atom. The summed E-state index contributed by atoms with van der Waals surface area (Å²) in [6.45, 7) is 8.21. The summed E-state index contributed by atoms with van der Waals surface area (Å²) >= 11 is 0. The summed E-state index contributed by atoms with van der Waals surface area (Å²) in [5, 5.41) is 18.5. The molecule has 1 saturated carbocycles. The molecule has 0 atom stereocenters. The number of hydrogen-bond donors (Lipinski definition) is 3. The average molecular weight is 370 g/mol. The largest absolute Gasteiger partial charge is 0.465 e. The van der Waals surface area contributed by atoms with Crippen molar-refractivity contribution in [1.82, 2.24) is 5.32 Å². The van der Waals surface area contributed by atoms with Crippen molar-refractivity contribution in [2.24, 2.45) is 0 Å². The predicted molar refractivity (Wildman–Crippen MR) is 109 cm³/mol. The van der Waals surface area contributed by atoms with E-state index < -0.39 is 6.09 Å². The predicted octanol–water partition coefficient (Wildman–Crippen LogP) is 5.14. The zero-order chi connectivity index (χ0) is 20.2. The number of carboxylic acid groups (broad SMARTS) is 1. The molecule has 0 spiro atoms. The van der Waals surface area contributed by atoms with Crippen LogP contribution in [-0.2, 0) is 11.2 Å². The van der Waals surface area contributed by atoms with Crippen LogP contribution in [0.5, 0.6) is 0 Å². The lowest BCUT2D eigenvalue weighted by Crippen LogP contribution is -2.34. The van der Waals surface area contributed by atoms with Crippen LogP contribution in [0.15, 0.2) is 24.3 Å². The lowest BCUT2D eigenvalue weighted by atomic mass is 9.96. The first kappa shape index (κ1) is 26.6. The maximum absolute atomic E-state index is 10.2. The molecule has 0 aliphatic heterocycles. The van der Waals surface area contributed by atoms with Gasteiger partial charge in [0.2, 0.25) is 0 Å². The Bertz CT molecular complexity index is 430. The van der Waals surface area contributed by atoms with Gasteiger partial charge >= 0.3 is 6.09 Å². The van der Waals surface area contributed by atoms with Gasteiger partial charge < -0.3 is 20.3 Å². The first-order chi connectivity index (χ1) is 12.5. The molecule has 0 bridgehead atoms. The standard InChI is InChI=1S/C10H14.C7H13NO2.C2H6O2.C2H6/c1-3-6-10-8-5-4-7-9(10)2;9-7(10)8-6-4-2-1-3-5-6;1-4-2-3;1-2/h4-5,7-8H,3,6H2,1-2H3;6,8H,1-5H2,(H,9,10);3H,2H2,1H3;1-2H3. The van der Waals surface area contributed by atoms with Gasteiger partial charge in [0.25, 0.3) is 0 Å². The highest BCUT2D eigenvalue weighted by molar-refractivity contribution is 5.64. The number of aryl methyl sites for hydroxylation is 2. The summed E-state index contributed by atoms with van der Waals surface area (Å²) in [6.07, 6.45) is 7.22. The van der Waals surface area contributed by atoms with Gasteiger partial charge in [0.15, 0.2) is 0 Å². The van der Waals surface area contributed by atoms with Crippen molar-refractivity contribution in [3.8, 4) is 0 Å². The number of ether oxygens (including phenoxy) is 1. The summed E-state index contributed by atoms with van der Waals surface area (Å²) in [6, 6.07) is 8.81. The van der Waals surface area contributed by atoms with Gasteiger partial charge in [-0.2, -0.15) is 0 Å². The van der Waals surface area contributed by atoms with E-state index >= 15 is 0 Å². The van der Waals surface area contributed by atoms with Gasteiger partial charge in [0.1, 0.15) is 6.79 Å². The summed E-state index contributed by atoms with van der Waals surface area (Å²) < 4.78 is 4.10. The van der Waals surface area contributed by atoms with Crippen molar-refractivity contribution < 1.29 is 19.7 Å². The number of aliphatic hydroxyl groups is 1. The highest BCUT2D eigenvalue weighted by Gasteiger charge is 2.14. The molecular formula is C21H39NO4. The molecule has 2 rings (SSSR count). The third kappa shape index (κ3) is 15.9. The molecule has 0 aromatic heterocycles. The summed E-state index contributed by atoms with van der Waals surface area (Å²) in [4.78, 5) is 10.2. The van der Waals surface area contributed by atoms with Crippen molar-refractivity contribution >= 4 is 6.09 Å². The summed E-state index contributed by atoms with van der Waals surface area (Å²) in [5.41, 5.74) is 2.91. The van der Waals surface area contributed by atoms with Gasteiger partial charge in [-0.25, -0.2) is 4.79 Å². The maximum Gasteiger partial charge on any atom is 0.404 e. The molecule has 0 heterocycles. The van der Waals surface area contributed by atoms with E-state index in [0.717, 1.165) is 12.8 Å². The van der Waals surface area contributed by atoms with Crippen LogP contribution in [0.25, 0.3) is 0 Å². The van der Waals surface area contributed by atoms with Gasteiger partial charge in [0.05, 0.1) is 0 Å². The van der Waals surface area contributed by atoms with E-state index in [1.165, 1.54) is 50.3 Å². The molecule has 152 valence electrons. The average Bonchev–Trinajstić information content (AvgIpc) is 2.66. The van der Waals surface area contributed by atoms with Crippen molar-refractivity contribution in [2.45, 2.75) is 78.7 Å². The fourth-order valence-electron chi connectivity index (χ4n) is 2.58. The van der Waals surface area contributed by atoms with Gasteiger partial charge in [-0.05, 0) is 37.3 Å². The van der Waals surface area contributed by atoms with Crippen LogP contribution in [0.4, 0.5) is 4.79 Å². The monoisotopic (exact) mass is 369 g/mol. The number of carbonyl (C=O) groups is 1. The fraction of sp³-hybridized carbons (Fsp3) is 0.667. The van der Waals surface area contributed by atoms with E-state index in [-0.39, 0.29) is 12.8 Å². The zero-order valence-corrected chi connectivity index (χ0v) is 17.3. The molecule has 5 heteroatoms. The third-order valence-corrected chi connectivity index (χ3v) is 3.84. The van der Waals surface area contributed by atoms with Gasteiger partial charge in [0, 0.05) is 13.2 Å². The molecule has 0 radical (unpaired) electrons. The Morgan fingerprint density at radius 3 is 2.15 bits per heavy atom. The second kappa shape index (κ2) is 19.7. The molecule has 1 aromatic carbocycles. The van der Waals surface area contributed by atoms with Gasteiger partial charge in [-0.15, -0.1) is 0 Å². The van der Waals surface area contributed by atoms with E-state index in [9.17, 15) is 4.79 Å². The number of rotatable bonds is 4. The molecular weight excluding hydrogens is 330 g/mol. The van der Waals surface area contributed by atoms with Crippen LogP contribution in [-0.4, -0.2) is 36.3 Å². The smallest absolute Gasteiger partial charge is 0.404 e. The number of amides is 1. The van der Waals surface area contributed by atoms with E-state index in [1.54, 1.807) is 0 Å². The Morgan fingerprint density at radius 2 is 1.73 bits per heavy atom. The van der Waals surface area contributed by atoms with Crippen LogP contribution in [0.2, 0.25) is 0 Å². The number of nitrogens with one attached hydrogen (secondary N) is 1. The van der Waals surface area contributed by atoms with Crippen LogP contribution >= 0.6 is 0 Å². The molecule has 1 aromatic rings. The summed E-state index contributed by atoms with van der Waals surface area (Å²) in [5.74, 6) is 0. The minimum absolute atomic E-state index is 0.181. The lowest BCUT2D eigenvalue weighted by molar-refractivity contribution is 0.0325. The van der Waals surface area contributed by atoms with Crippen LogP contribution in [0.3, 0.4) is 0 Å². The van der Waals surface area contributed by atoms with E-state index in [0.29, 0.717) is 0 Å². The molecule has 0 unspecified atom stereocenters. The van der Waals surface area contributed by atoms with E-state index in [4.69, 9.17) is 10.2 Å². The molecule has 1 aliphatic carbocycles. The number of hydrogen-bond acceptors (Lipinski definition) is 3. The van der Waals surface area contributed by atoms with E-state index in [2.05, 4.69) is 48.2 Å². The van der Waals surface area contributed by atoms with Crippen molar-refractivity contribution in [2.75, 3.05) is 13.9 Å². The first-order valence-corrected chi connectivity index (χ1v) is 9.68. The minimum atomic E-state index is -0.882. The van der Waals surface area contributed by atoms with Crippen molar-refractivity contribution in [3.63, 3.8) is 0 Å². The number of methoxy groups -OCH3 is 1. The minimum Gasteiger partial charge on any atom is -0.465 e. The molecule has 5 nitrogen and oxygen atoms in total. The maximum atomic E-state index is 10.2. The van der Waals surface area contributed by atoms with E-state index in [1.807, 2.05) is 13.8 Å². The Labute approximate surface area is 159 Å². The van der Waals surface area contributed by atoms with Crippen LogP contribution in [0.1, 0.15) is 70.4 Å². The zero-order valence-electron chi connectivity index (χ0n) is 17.3. The van der Waals surface area contributed by atoms with Crippen molar-refractivity contribution in [3.05, 3.63) is 35.4 Å². The molecule has 1 aliphatic rings. The number of benzene rings is 1. The first-order valence-electron chi connectivity index (χ1n) is 9.68. The highest BCUT2D eigenvalue weighted by atomic mass is 16.6. The second-order valence-electron chi connectivity index (χ2n) is 5.88. The van der Waals surface area contributed by atoms with Crippen molar-refractivity contribution in [1.29, 1.82) is 0 Å². The van der Waals surface area contributed by atoms with Crippen LogP contribution < -0.4 is 5.32 Å². The van der Waals surface area contributed by atoms with Gasteiger partial charge in [-0.1, -0.05) is 70.7 Å². The summed E-state index contributed by atoms with van der Waals surface area (Å²) in [7, 11) is 1.43. The molecule has 1 fully saturated rings. The molecule has 1 amide bonds. The Balaban J connectivity index is 0. The highest BCUT2D eigenvalue weighted by Crippen LogP contribution is 2.16. The number of aliphatic hydroxyl groups excluding tert-OH is 1. The van der Waals surface area contributed by atoms with Crippen LogP contribution in [0, 0.1) is 6.92 Å². The lowest BCUT2D eigenvalue weighted by Gasteiger charge is -2.20. The van der Waals surface area contributed by atoms with Gasteiger partial charge in [-0.3, -0.25) is 0 Å². The fourth-order valence-corrected chi connectivity index (χ4v) is 2.58. The molecule has 26 heavy (non-hydrogen) atoms.